The van der Waals surface area contributed by atoms with Gasteiger partial charge in [0.1, 0.15) is 11.7 Å². The fourth-order valence-corrected chi connectivity index (χ4v) is 6.39. The molecule has 0 bridgehead atoms. The van der Waals surface area contributed by atoms with Crippen molar-refractivity contribution < 1.29 is 17.6 Å². The number of hydrogen-bond donors (Lipinski definition) is 2. The molecule has 1 atom stereocenters. The molecule has 2 aliphatic heterocycles. The molecule has 0 aromatic heterocycles. The van der Waals surface area contributed by atoms with Crippen LogP contribution < -0.4 is 10.0 Å². The summed E-state index contributed by atoms with van der Waals surface area (Å²) in [7, 11) is -3.97. The van der Waals surface area contributed by atoms with Crippen LogP contribution in [0.25, 0.3) is 0 Å². The summed E-state index contributed by atoms with van der Waals surface area (Å²) in [6.45, 7) is 3.15. The number of likely N-dealkylation sites (tertiary alicyclic amines) is 1. The summed E-state index contributed by atoms with van der Waals surface area (Å²) in [6.07, 6.45) is 2.48. The lowest BCUT2D eigenvalue weighted by Crippen LogP contribution is -2.22. The van der Waals surface area contributed by atoms with E-state index in [0.717, 1.165) is 43.0 Å². The van der Waals surface area contributed by atoms with Crippen molar-refractivity contribution in [2.24, 2.45) is 4.99 Å². The van der Waals surface area contributed by atoms with E-state index in [9.17, 15) is 17.6 Å². The first kappa shape index (κ1) is 26.9. The van der Waals surface area contributed by atoms with Gasteiger partial charge in [-0.25, -0.2) is 12.8 Å². The van der Waals surface area contributed by atoms with Gasteiger partial charge in [-0.2, -0.15) is 0 Å². The average Bonchev–Trinajstić information content (AvgIpc) is 3.60. The summed E-state index contributed by atoms with van der Waals surface area (Å²) >= 11 is 0. The fourth-order valence-electron chi connectivity index (χ4n) is 5.34. The van der Waals surface area contributed by atoms with E-state index in [1.165, 1.54) is 30.5 Å². The SMILES string of the molecule is O=C1Nc2ccc(NS(=O)(=O)c3ccc(F)cc3)cc2C1C(=Nc1ccc(CN2CCCC2)cc1)c1ccccc1. The molecule has 0 aliphatic carbocycles. The van der Waals surface area contributed by atoms with Gasteiger partial charge in [0.15, 0.2) is 0 Å². The third-order valence-electron chi connectivity index (χ3n) is 7.39. The topological polar surface area (TPSA) is 90.9 Å². The van der Waals surface area contributed by atoms with E-state index in [-0.39, 0.29) is 16.5 Å². The van der Waals surface area contributed by atoms with E-state index in [4.69, 9.17) is 4.99 Å². The van der Waals surface area contributed by atoms with Gasteiger partial charge in [-0.05, 0) is 97.2 Å². The molecule has 2 heterocycles. The van der Waals surface area contributed by atoms with Gasteiger partial charge in [0.2, 0.25) is 5.91 Å². The molecule has 4 aromatic rings. The normalized spacial score (nSPS) is 17.3. The van der Waals surface area contributed by atoms with Crippen LogP contribution in [0.4, 0.5) is 21.5 Å². The molecule has 4 aromatic carbocycles. The molecule has 7 nitrogen and oxygen atoms in total. The van der Waals surface area contributed by atoms with Gasteiger partial charge in [0, 0.05) is 17.9 Å². The quantitative estimate of drug-likeness (QED) is 0.252. The number of benzene rings is 4. The standard InChI is InChI=1S/C32H29FN4O3S/c33-24-10-15-27(16-11-24)41(39,40)36-26-14-17-29-28(20-26)30(32(38)35-29)31(23-6-2-1-3-7-23)34-25-12-8-22(9-13-25)21-37-18-4-5-19-37/h1-3,6-17,20,30,36H,4-5,18-19,21H2,(H,35,38). The Balaban J connectivity index is 1.34. The highest BCUT2D eigenvalue weighted by atomic mass is 32.2. The van der Waals surface area contributed by atoms with Gasteiger partial charge in [0.05, 0.1) is 16.3 Å². The summed E-state index contributed by atoms with van der Waals surface area (Å²) in [5.41, 5.74) is 4.79. The number of carbonyl (C=O) groups is 1. The van der Waals surface area contributed by atoms with Gasteiger partial charge in [-0.3, -0.25) is 19.4 Å². The van der Waals surface area contributed by atoms with E-state index in [1.54, 1.807) is 18.2 Å². The van der Waals surface area contributed by atoms with Crippen LogP contribution in [0.1, 0.15) is 35.4 Å². The van der Waals surface area contributed by atoms with E-state index in [0.29, 0.717) is 17.0 Å². The number of rotatable bonds is 8. The van der Waals surface area contributed by atoms with Crippen molar-refractivity contribution in [3.05, 3.63) is 120 Å². The molecule has 9 heteroatoms. The van der Waals surface area contributed by atoms with Crippen LogP contribution in [-0.4, -0.2) is 38.0 Å². The van der Waals surface area contributed by atoms with Crippen LogP contribution in [-0.2, 0) is 21.4 Å². The van der Waals surface area contributed by atoms with Crippen LogP contribution in [0.5, 0.6) is 0 Å². The van der Waals surface area contributed by atoms with E-state index in [1.807, 2.05) is 42.5 Å². The number of nitrogens with zero attached hydrogens (tertiary/aromatic N) is 2. The van der Waals surface area contributed by atoms with Crippen LogP contribution in [0.3, 0.4) is 0 Å². The van der Waals surface area contributed by atoms with Crippen molar-refractivity contribution in [3.63, 3.8) is 0 Å². The van der Waals surface area contributed by atoms with Crippen molar-refractivity contribution in [1.82, 2.24) is 4.90 Å². The molecule has 1 fully saturated rings. The smallest absolute Gasteiger partial charge is 0.261 e. The Morgan fingerprint density at radius 1 is 0.927 bits per heavy atom. The Morgan fingerprint density at radius 3 is 2.34 bits per heavy atom. The Hall–Kier alpha value is -4.34. The number of nitrogens with one attached hydrogen (secondary N) is 2. The molecular formula is C32H29FN4O3S. The predicted octanol–water partition coefficient (Wildman–Crippen LogP) is 6.08. The molecule has 0 saturated carbocycles. The zero-order valence-electron chi connectivity index (χ0n) is 22.3. The summed E-state index contributed by atoms with van der Waals surface area (Å²) in [6, 6.07) is 27.1. The Kier molecular flexibility index (Phi) is 7.38. The molecule has 6 rings (SSSR count). The van der Waals surface area contributed by atoms with Crippen molar-refractivity contribution in [1.29, 1.82) is 0 Å². The molecule has 1 saturated heterocycles. The predicted molar refractivity (Wildman–Crippen MR) is 159 cm³/mol. The Labute approximate surface area is 238 Å². The molecule has 2 aliphatic rings. The first-order chi connectivity index (χ1) is 19.9. The number of amides is 1. The number of hydrogen-bond acceptors (Lipinski definition) is 5. The van der Waals surface area contributed by atoms with Crippen LogP contribution >= 0.6 is 0 Å². The van der Waals surface area contributed by atoms with E-state index >= 15 is 0 Å². The van der Waals surface area contributed by atoms with Gasteiger partial charge in [-0.15, -0.1) is 0 Å². The maximum atomic E-state index is 13.4. The maximum absolute atomic E-state index is 13.4. The second-order valence-electron chi connectivity index (χ2n) is 10.3. The van der Waals surface area contributed by atoms with Crippen molar-refractivity contribution in [3.8, 4) is 0 Å². The van der Waals surface area contributed by atoms with Crippen molar-refractivity contribution >= 4 is 38.7 Å². The molecule has 0 radical (unpaired) electrons. The lowest BCUT2D eigenvalue weighted by Gasteiger charge is -2.16. The zero-order valence-corrected chi connectivity index (χ0v) is 23.1. The number of halogens is 1. The summed E-state index contributed by atoms with van der Waals surface area (Å²) in [5, 5.41) is 2.92. The third-order valence-corrected chi connectivity index (χ3v) is 8.79. The number of carbonyl (C=O) groups excluding carboxylic acids is 1. The number of fused-ring (bicyclic) bond motifs is 1. The molecule has 1 unspecified atom stereocenters. The highest BCUT2D eigenvalue weighted by molar-refractivity contribution is 7.92. The van der Waals surface area contributed by atoms with Crippen LogP contribution in [0.2, 0.25) is 0 Å². The highest BCUT2D eigenvalue weighted by Gasteiger charge is 2.36. The fraction of sp³-hybridized carbons (Fsp3) is 0.188. The van der Waals surface area contributed by atoms with Gasteiger partial charge >= 0.3 is 0 Å². The lowest BCUT2D eigenvalue weighted by atomic mass is 9.90. The summed E-state index contributed by atoms with van der Waals surface area (Å²) in [5.74, 6) is -1.53. The summed E-state index contributed by atoms with van der Waals surface area (Å²) in [4.78, 5) is 20.7. The largest absolute Gasteiger partial charge is 0.325 e. The zero-order chi connectivity index (χ0) is 28.4. The first-order valence-electron chi connectivity index (χ1n) is 13.5. The minimum atomic E-state index is -3.97. The maximum Gasteiger partial charge on any atom is 0.261 e. The number of sulfonamides is 1. The Morgan fingerprint density at radius 2 is 1.63 bits per heavy atom. The first-order valence-corrected chi connectivity index (χ1v) is 15.0. The molecule has 1 amide bonds. The van der Waals surface area contributed by atoms with Crippen molar-refractivity contribution in [2.75, 3.05) is 23.1 Å². The minimum Gasteiger partial charge on any atom is -0.325 e. The summed E-state index contributed by atoms with van der Waals surface area (Å²) < 4.78 is 41.8. The molecule has 208 valence electrons. The lowest BCUT2D eigenvalue weighted by molar-refractivity contribution is -0.115. The average molecular weight is 569 g/mol. The van der Waals surface area contributed by atoms with Gasteiger partial charge in [-0.1, -0.05) is 42.5 Å². The third kappa shape index (κ3) is 5.91. The molecule has 2 N–H and O–H groups in total. The minimum absolute atomic E-state index is 0.0649. The van der Waals surface area contributed by atoms with Crippen LogP contribution in [0, 0.1) is 5.82 Å². The number of anilines is 2. The van der Waals surface area contributed by atoms with Crippen LogP contribution in [0.15, 0.2) is 107 Å². The molecule has 41 heavy (non-hydrogen) atoms. The monoisotopic (exact) mass is 568 g/mol. The highest BCUT2D eigenvalue weighted by Crippen LogP contribution is 2.38. The molecule has 0 spiro atoms. The van der Waals surface area contributed by atoms with Gasteiger partial charge < -0.3 is 5.32 Å². The second kappa shape index (κ2) is 11.3. The second-order valence-corrected chi connectivity index (χ2v) is 12.0. The van der Waals surface area contributed by atoms with E-state index < -0.39 is 21.8 Å². The number of aliphatic imine (C=N–C) groups is 1. The molecular weight excluding hydrogens is 539 g/mol. The Bertz CT molecular complexity index is 1700. The van der Waals surface area contributed by atoms with Gasteiger partial charge in [0.25, 0.3) is 10.0 Å². The van der Waals surface area contributed by atoms with E-state index in [2.05, 4.69) is 27.1 Å². The van der Waals surface area contributed by atoms with Crippen molar-refractivity contribution in [2.45, 2.75) is 30.2 Å².